The summed E-state index contributed by atoms with van der Waals surface area (Å²) in [4.78, 5) is 7.90. The molecule has 10 atom stereocenters. The zero-order chi connectivity index (χ0) is 18.2. The molecular formula is C24H31N3O. The molecule has 0 radical (unpaired) electrons. The van der Waals surface area contributed by atoms with Crippen LogP contribution < -0.4 is 0 Å². The molecule has 5 aliphatic carbocycles. The van der Waals surface area contributed by atoms with E-state index in [9.17, 15) is 5.11 Å². The maximum Gasteiger partial charge on any atom is 0.125 e. The van der Waals surface area contributed by atoms with E-state index in [1.165, 1.54) is 38.2 Å². The smallest absolute Gasteiger partial charge is 0.125 e. The number of aliphatic hydroxyl groups is 1. The normalized spacial score (nSPS) is 55.1. The zero-order valence-corrected chi connectivity index (χ0v) is 16.5. The molecule has 4 nitrogen and oxygen atoms in total. The summed E-state index contributed by atoms with van der Waals surface area (Å²) >= 11 is 0. The Hall–Kier alpha value is -0.940. The van der Waals surface area contributed by atoms with Crippen LogP contribution in [0.4, 0.5) is 0 Å². The maximum absolute atomic E-state index is 11.8. The number of nitrogens with zero attached hydrogens (tertiary/aromatic N) is 3. The molecule has 0 amide bonds. The Kier molecular flexibility index (Phi) is 2.84. The predicted molar refractivity (Wildman–Crippen MR) is 106 cm³/mol. The highest BCUT2D eigenvalue weighted by atomic mass is 16.3. The fraction of sp³-hybridized carbons (Fsp3) is 0.750. The van der Waals surface area contributed by atoms with Crippen molar-refractivity contribution in [3.8, 4) is 0 Å². The minimum absolute atomic E-state index is 0.383. The molecule has 1 N–H and O–H groups in total. The van der Waals surface area contributed by atoms with Gasteiger partial charge in [-0.2, -0.15) is 0 Å². The van der Waals surface area contributed by atoms with Crippen LogP contribution in [-0.2, 0) is 6.54 Å². The molecule has 4 heteroatoms. The summed E-state index contributed by atoms with van der Waals surface area (Å²) < 4.78 is 0. The van der Waals surface area contributed by atoms with Crippen LogP contribution in [0.3, 0.4) is 0 Å². The Balaban J connectivity index is 0.924. The molecule has 0 aromatic heterocycles. The number of rotatable bonds is 5. The van der Waals surface area contributed by atoms with Crippen molar-refractivity contribution >= 4 is 0 Å². The number of hydrogen-bond acceptors (Lipinski definition) is 4. The second-order valence-corrected chi connectivity index (χ2v) is 11.0. The van der Waals surface area contributed by atoms with Crippen molar-refractivity contribution in [3.05, 3.63) is 35.9 Å². The molecule has 8 fully saturated rings. The van der Waals surface area contributed by atoms with Crippen molar-refractivity contribution in [2.45, 2.75) is 24.7 Å². The average molecular weight is 378 g/mol. The van der Waals surface area contributed by atoms with Gasteiger partial charge in [0.25, 0.3) is 0 Å². The first kappa shape index (κ1) is 15.8. The van der Waals surface area contributed by atoms with Crippen LogP contribution in [0.25, 0.3) is 0 Å². The summed E-state index contributed by atoms with van der Waals surface area (Å²) in [5, 5.41) is 11.8. The minimum Gasteiger partial charge on any atom is -0.375 e. The highest BCUT2D eigenvalue weighted by molar-refractivity contribution is 5.40. The second kappa shape index (κ2) is 5.03. The summed E-state index contributed by atoms with van der Waals surface area (Å²) in [7, 11) is 0. The second-order valence-electron chi connectivity index (χ2n) is 11.0. The Morgan fingerprint density at radius 1 is 0.821 bits per heavy atom. The van der Waals surface area contributed by atoms with E-state index in [0.29, 0.717) is 11.8 Å². The highest BCUT2D eigenvalue weighted by Gasteiger charge is 2.93. The monoisotopic (exact) mass is 377 g/mol. The van der Waals surface area contributed by atoms with Gasteiger partial charge in [-0.05, 0) is 47.5 Å². The van der Waals surface area contributed by atoms with Crippen LogP contribution in [-0.4, -0.2) is 70.8 Å². The fourth-order valence-corrected chi connectivity index (χ4v) is 10.1. The van der Waals surface area contributed by atoms with E-state index in [4.69, 9.17) is 0 Å². The molecule has 3 heterocycles. The topological polar surface area (TPSA) is 30.0 Å². The first-order valence-corrected chi connectivity index (χ1v) is 11.7. The van der Waals surface area contributed by atoms with Crippen LogP contribution >= 0.6 is 0 Å². The van der Waals surface area contributed by atoms with Gasteiger partial charge in [-0.25, -0.2) is 0 Å². The van der Waals surface area contributed by atoms with Gasteiger partial charge in [0.2, 0.25) is 0 Å². The maximum atomic E-state index is 11.8. The summed E-state index contributed by atoms with van der Waals surface area (Å²) in [6.45, 7) is 8.06. The molecule has 1 aromatic rings. The third-order valence-corrected chi connectivity index (χ3v) is 10.6. The SMILES string of the molecule is OC12C3C4CC5C6C4C1C6C(C53)N2CCN1CCN(Cc2ccccc2)CC1. The molecular weight excluding hydrogens is 346 g/mol. The lowest BCUT2D eigenvalue weighted by Crippen LogP contribution is -2.53. The van der Waals surface area contributed by atoms with E-state index < -0.39 is 0 Å². The molecule has 3 saturated heterocycles. The molecule has 28 heavy (non-hydrogen) atoms. The van der Waals surface area contributed by atoms with Crippen molar-refractivity contribution in [2.24, 2.45) is 47.3 Å². The van der Waals surface area contributed by atoms with Gasteiger partial charge < -0.3 is 5.11 Å². The minimum atomic E-state index is -0.383. The molecule has 1 aromatic carbocycles. The van der Waals surface area contributed by atoms with Gasteiger partial charge in [0.05, 0.1) is 0 Å². The molecule has 0 spiro atoms. The summed E-state index contributed by atoms with van der Waals surface area (Å²) in [6.07, 6.45) is 1.48. The quantitative estimate of drug-likeness (QED) is 0.844. The Morgan fingerprint density at radius 3 is 2.43 bits per heavy atom. The lowest BCUT2D eigenvalue weighted by Gasteiger charge is -2.45. The third kappa shape index (κ3) is 1.57. The summed E-state index contributed by atoms with van der Waals surface area (Å²) in [6, 6.07) is 11.6. The lowest BCUT2D eigenvalue weighted by molar-refractivity contribution is -0.132. The summed E-state index contributed by atoms with van der Waals surface area (Å²) in [5.41, 5.74) is 1.05. The first-order valence-electron chi connectivity index (χ1n) is 11.7. The van der Waals surface area contributed by atoms with Gasteiger partial charge >= 0.3 is 0 Å². The number of hydrogen-bond donors (Lipinski definition) is 1. The van der Waals surface area contributed by atoms with Gasteiger partial charge in [0, 0.05) is 63.7 Å². The molecule has 4 bridgehead atoms. The molecule has 8 aliphatic rings. The van der Waals surface area contributed by atoms with Crippen molar-refractivity contribution in [3.63, 3.8) is 0 Å². The molecule has 5 saturated carbocycles. The van der Waals surface area contributed by atoms with E-state index in [0.717, 1.165) is 61.2 Å². The Bertz CT molecular complexity index is 822. The van der Waals surface area contributed by atoms with Crippen LogP contribution in [0.2, 0.25) is 0 Å². The lowest BCUT2D eigenvalue weighted by atomic mass is 9.59. The predicted octanol–water partition coefficient (Wildman–Crippen LogP) is 1.56. The van der Waals surface area contributed by atoms with Crippen molar-refractivity contribution in [2.75, 3.05) is 39.3 Å². The number of piperazine rings is 1. The van der Waals surface area contributed by atoms with E-state index in [1.54, 1.807) is 0 Å². The van der Waals surface area contributed by atoms with Crippen LogP contribution in [0.15, 0.2) is 30.3 Å². The number of benzene rings is 1. The highest BCUT2D eigenvalue weighted by Crippen LogP contribution is 2.90. The first-order chi connectivity index (χ1) is 13.8. The fourth-order valence-electron chi connectivity index (χ4n) is 10.1. The van der Waals surface area contributed by atoms with Gasteiger partial charge in [0.15, 0.2) is 0 Å². The van der Waals surface area contributed by atoms with Crippen molar-refractivity contribution in [1.29, 1.82) is 0 Å². The zero-order valence-electron chi connectivity index (χ0n) is 16.5. The van der Waals surface area contributed by atoms with Crippen LogP contribution in [0.5, 0.6) is 0 Å². The van der Waals surface area contributed by atoms with Gasteiger partial charge in [-0.1, -0.05) is 30.3 Å². The van der Waals surface area contributed by atoms with Crippen LogP contribution in [0, 0.1) is 47.3 Å². The van der Waals surface area contributed by atoms with Gasteiger partial charge in [-0.15, -0.1) is 0 Å². The summed E-state index contributed by atoms with van der Waals surface area (Å²) in [5.74, 6) is 6.97. The molecule has 3 aliphatic heterocycles. The van der Waals surface area contributed by atoms with Gasteiger partial charge in [0.1, 0.15) is 5.72 Å². The van der Waals surface area contributed by atoms with E-state index in [-0.39, 0.29) is 5.72 Å². The van der Waals surface area contributed by atoms with Crippen molar-refractivity contribution < 1.29 is 5.11 Å². The van der Waals surface area contributed by atoms with Crippen LogP contribution in [0.1, 0.15) is 12.0 Å². The van der Waals surface area contributed by atoms with E-state index in [1.807, 2.05) is 0 Å². The van der Waals surface area contributed by atoms with Gasteiger partial charge in [-0.3, -0.25) is 14.7 Å². The molecule has 148 valence electrons. The molecule has 10 unspecified atom stereocenters. The largest absolute Gasteiger partial charge is 0.375 e. The Labute approximate surface area is 167 Å². The Morgan fingerprint density at radius 2 is 1.61 bits per heavy atom. The average Bonchev–Trinajstić information content (AvgIpc) is 3.35. The molecule has 9 rings (SSSR count). The van der Waals surface area contributed by atoms with Crippen molar-refractivity contribution in [1.82, 2.24) is 14.7 Å². The third-order valence-electron chi connectivity index (χ3n) is 10.6. The standard InChI is InChI=1S/C24H31N3O/c28-24-21-16-12-15-17-18(16)22(24)20(17)23(19(15)21)27(24)11-10-25-6-8-26(9-7-25)13-14-4-2-1-3-5-14/h1-5,15-23,28H,6-13H2. The van der Waals surface area contributed by atoms with E-state index >= 15 is 0 Å². The van der Waals surface area contributed by atoms with E-state index in [2.05, 4.69) is 45.0 Å².